The Bertz CT molecular complexity index is 1240. The number of hydrogen-bond donors (Lipinski definition) is 2. The highest BCUT2D eigenvalue weighted by Gasteiger charge is 2.18. The number of non-ortho nitro benzene ring substituents is 1. The van der Waals surface area contributed by atoms with Crippen molar-refractivity contribution in [3.05, 3.63) is 102 Å². The lowest BCUT2D eigenvalue weighted by molar-refractivity contribution is -0.384. The lowest BCUT2D eigenvalue weighted by Crippen LogP contribution is -2.39. The standard InChI is InChI=1S/C18H12ClFN4O5/c19-13-7-11(24(28)29)5-6-15(13)22-16(25)12-8-21-18(27)23(17(12)26)9-10-3-1-2-4-14(10)20/h1-8H,9H2,(H,21,27)(H,22,25). The number of carbonyl (C=O) groups excluding carboxylic acids is 1. The Morgan fingerprint density at radius 2 is 1.97 bits per heavy atom. The number of H-pyrrole nitrogens is 1. The van der Waals surface area contributed by atoms with E-state index in [4.69, 9.17) is 11.6 Å². The van der Waals surface area contributed by atoms with Crippen LogP contribution in [0.1, 0.15) is 15.9 Å². The van der Waals surface area contributed by atoms with Gasteiger partial charge in [-0.3, -0.25) is 24.3 Å². The predicted octanol–water partition coefficient (Wildman–Crippen LogP) is 2.54. The Balaban J connectivity index is 1.93. The third-order valence-electron chi connectivity index (χ3n) is 4.00. The first-order valence-electron chi connectivity index (χ1n) is 8.09. The quantitative estimate of drug-likeness (QED) is 0.486. The first-order valence-corrected chi connectivity index (χ1v) is 8.47. The summed E-state index contributed by atoms with van der Waals surface area (Å²) in [6.45, 7) is -0.375. The maximum absolute atomic E-state index is 13.8. The summed E-state index contributed by atoms with van der Waals surface area (Å²) >= 11 is 5.92. The van der Waals surface area contributed by atoms with Gasteiger partial charge in [0.25, 0.3) is 17.2 Å². The fraction of sp³-hybridized carbons (Fsp3) is 0.0556. The summed E-state index contributed by atoms with van der Waals surface area (Å²) in [5.41, 5.74) is -2.32. The van der Waals surface area contributed by atoms with E-state index in [1.165, 1.54) is 24.3 Å². The first-order chi connectivity index (χ1) is 13.8. The molecule has 0 atom stereocenters. The second-order valence-corrected chi connectivity index (χ2v) is 6.27. The van der Waals surface area contributed by atoms with Crippen LogP contribution in [0.2, 0.25) is 5.02 Å². The normalized spacial score (nSPS) is 10.6. The topological polar surface area (TPSA) is 127 Å². The maximum Gasteiger partial charge on any atom is 0.328 e. The molecule has 1 amide bonds. The second-order valence-electron chi connectivity index (χ2n) is 5.87. The average molecular weight is 419 g/mol. The van der Waals surface area contributed by atoms with Crippen LogP contribution in [0.5, 0.6) is 0 Å². The molecule has 1 heterocycles. The minimum Gasteiger partial charge on any atom is -0.320 e. The SMILES string of the molecule is O=C(Nc1ccc([N+](=O)[O-])cc1Cl)c1c[nH]c(=O)n(Cc2ccccc2F)c1=O. The fourth-order valence-corrected chi connectivity index (χ4v) is 2.75. The van der Waals surface area contributed by atoms with E-state index in [9.17, 15) is 28.9 Å². The third-order valence-corrected chi connectivity index (χ3v) is 4.32. The molecule has 0 radical (unpaired) electrons. The van der Waals surface area contributed by atoms with Gasteiger partial charge in [0.1, 0.15) is 11.4 Å². The van der Waals surface area contributed by atoms with Gasteiger partial charge in [0.05, 0.1) is 22.2 Å². The summed E-state index contributed by atoms with van der Waals surface area (Å²) in [4.78, 5) is 49.4. The van der Waals surface area contributed by atoms with Gasteiger partial charge in [0, 0.05) is 23.9 Å². The van der Waals surface area contributed by atoms with E-state index in [0.29, 0.717) is 4.57 Å². The highest BCUT2D eigenvalue weighted by atomic mass is 35.5. The molecule has 3 aromatic rings. The highest BCUT2D eigenvalue weighted by Crippen LogP contribution is 2.26. The third kappa shape index (κ3) is 4.22. The van der Waals surface area contributed by atoms with Gasteiger partial charge < -0.3 is 10.3 Å². The van der Waals surface area contributed by atoms with Crippen molar-refractivity contribution in [2.45, 2.75) is 6.54 Å². The molecule has 0 bridgehead atoms. The fourth-order valence-electron chi connectivity index (χ4n) is 2.52. The molecule has 1 aromatic heterocycles. The largest absolute Gasteiger partial charge is 0.328 e. The van der Waals surface area contributed by atoms with Crippen LogP contribution in [0.25, 0.3) is 0 Å². The smallest absolute Gasteiger partial charge is 0.320 e. The van der Waals surface area contributed by atoms with Gasteiger partial charge in [-0.2, -0.15) is 0 Å². The molecule has 0 aliphatic heterocycles. The van der Waals surface area contributed by atoms with Crippen molar-refractivity contribution in [1.29, 1.82) is 0 Å². The number of halogens is 2. The molecule has 0 saturated carbocycles. The number of nitrogens with one attached hydrogen (secondary N) is 2. The molecule has 0 unspecified atom stereocenters. The maximum atomic E-state index is 13.8. The number of nitrogens with zero attached hydrogens (tertiary/aromatic N) is 2. The zero-order chi connectivity index (χ0) is 21.1. The number of aromatic amines is 1. The minimum absolute atomic E-state index is 0.0357. The molecule has 148 valence electrons. The molecule has 0 aliphatic carbocycles. The predicted molar refractivity (Wildman–Crippen MR) is 103 cm³/mol. The first kappa shape index (κ1) is 20.0. The van der Waals surface area contributed by atoms with Crippen LogP contribution in [0, 0.1) is 15.9 Å². The molecular formula is C18H12ClFN4O5. The van der Waals surface area contributed by atoms with Gasteiger partial charge >= 0.3 is 5.69 Å². The molecule has 2 aromatic carbocycles. The molecule has 0 spiro atoms. The van der Waals surface area contributed by atoms with Crippen molar-refractivity contribution in [2.75, 3.05) is 5.32 Å². The Hall–Kier alpha value is -3.79. The van der Waals surface area contributed by atoms with Gasteiger partial charge in [-0.15, -0.1) is 0 Å². The van der Waals surface area contributed by atoms with Crippen LogP contribution >= 0.6 is 11.6 Å². The summed E-state index contributed by atoms with van der Waals surface area (Å²) in [5.74, 6) is -1.50. The molecule has 11 heteroatoms. The zero-order valence-corrected chi connectivity index (χ0v) is 15.3. The molecule has 3 rings (SSSR count). The van der Waals surface area contributed by atoms with Crippen molar-refractivity contribution >= 4 is 28.9 Å². The van der Waals surface area contributed by atoms with Crippen LogP contribution in [-0.2, 0) is 6.54 Å². The number of hydrogen-bond acceptors (Lipinski definition) is 5. The Kier molecular flexibility index (Phi) is 5.55. The van der Waals surface area contributed by atoms with Gasteiger partial charge in [0.2, 0.25) is 0 Å². The van der Waals surface area contributed by atoms with Crippen molar-refractivity contribution in [3.8, 4) is 0 Å². The number of nitro benzene ring substituents is 1. The van der Waals surface area contributed by atoms with Gasteiger partial charge in [-0.25, -0.2) is 9.18 Å². The van der Waals surface area contributed by atoms with E-state index >= 15 is 0 Å². The van der Waals surface area contributed by atoms with Crippen molar-refractivity contribution in [3.63, 3.8) is 0 Å². The molecule has 9 nitrogen and oxygen atoms in total. The van der Waals surface area contributed by atoms with E-state index in [-0.39, 0.29) is 28.5 Å². The van der Waals surface area contributed by atoms with Crippen LogP contribution in [0.15, 0.2) is 58.3 Å². The average Bonchev–Trinajstić information content (AvgIpc) is 2.67. The van der Waals surface area contributed by atoms with E-state index < -0.39 is 33.5 Å². The van der Waals surface area contributed by atoms with Crippen LogP contribution in [0.3, 0.4) is 0 Å². The van der Waals surface area contributed by atoms with E-state index in [2.05, 4.69) is 10.3 Å². The van der Waals surface area contributed by atoms with E-state index in [1.54, 1.807) is 6.07 Å². The Morgan fingerprint density at radius 3 is 2.62 bits per heavy atom. The van der Waals surface area contributed by atoms with Crippen LogP contribution in [0.4, 0.5) is 15.8 Å². The molecule has 0 aliphatic rings. The van der Waals surface area contributed by atoms with Crippen LogP contribution < -0.4 is 16.6 Å². The number of anilines is 1. The van der Waals surface area contributed by atoms with E-state index in [0.717, 1.165) is 18.3 Å². The molecule has 0 fully saturated rings. The van der Waals surface area contributed by atoms with Crippen molar-refractivity contribution in [1.82, 2.24) is 9.55 Å². The lowest BCUT2D eigenvalue weighted by Gasteiger charge is -2.09. The number of carbonyl (C=O) groups is 1. The monoisotopic (exact) mass is 418 g/mol. The summed E-state index contributed by atoms with van der Waals surface area (Å²) in [7, 11) is 0. The number of amides is 1. The zero-order valence-electron chi connectivity index (χ0n) is 14.5. The lowest BCUT2D eigenvalue weighted by atomic mass is 10.2. The van der Waals surface area contributed by atoms with Gasteiger partial charge in [-0.05, 0) is 12.1 Å². The van der Waals surface area contributed by atoms with E-state index in [1.807, 2.05) is 0 Å². The second kappa shape index (κ2) is 8.07. The summed E-state index contributed by atoms with van der Waals surface area (Å²) in [6.07, 6.45) is 0.928. The Labute approximate surface area is 166 Å². The van der Waals surface area contributed by atoms with Crippen LogP contribution in [-0.4, -0.2) is 20.4 Å². The van der Waals surface area contributed by atoms with Gasteiger partial charge in [0.15, 0.2) is 0 Å². The number of rotatable bonds is 5. The number of nitro groups is 1. The summed E-state index contributed by atoms with van der Waals surface area (Å²) < 4.78 is 14.5. The van der Waals surface area contributed by atoms with Gasteiger partial charge in [-0.1, -0.05) is 29.8 Å². The number of benzene rings is 2. The van der Waals surface area contributed by atoms with Crippen molar-refractivity contribution in [2.24, 2.45) is 0 Å². The summed E-state index contributed by atoms with van der Waals surface area (Å²) in [5, 5.41) is 13.0. The number of aromatic nitrogens is 2. The molecular weight excluding hydrogens is 407 g/mol. The van der Waals surface area contributed by atoms with Crippen molar-refractivity contribution < 1.29 is 14.1 Å². The minimum atomic E-state index is -0.937. The summed E-state index contributed by atoms with van der Waals surface area (Å²) in [6, 6.07) is 8.98. The highest BCUT2D eigenvalue weighted by molar-refractivity contribution is 6.34. The Morgan fingerprint density at radius 1 is 1.24 bits per heavy atom. The molecule has 2 N–H and O–H groups in total. The molecule has 0 saturated heterocycles. The molecule has 29 heavy (non-hydrogen) atoms.